The number of hydrogen-bond donors (Lipinski definition) is 0. The topological polar surface area (TPSA) is 63.7 Å². The molecule has 0 fully saturated rings. The summed E-state index contributed by atoms with van der Waals surface area (Å²) in [4.78, 5) is 0.0337. The maximum atomic E-state index is 12.8. The van der Waals surface area contributed by atoms with E-state index in [9.17, 15) is 13.0 Å². The maximum Gasteiger partial charge on any atom is 0.342 e. The van der Waals surface area contributed by atoms with Gasteiger partial charge in [-0.1, -0.05) is 29.9 Å². The van der Waals surface area contributed by atoms with Gasteiger partial charge in [0.25, 0.3) is 10.0 Å². The summed E-state index contributed by atoms with van der Waals surface area (Å²) in [5, 5.41) is 0.435. The van der Waals surface area contributed by atoms with Gasteiger partial charge in [-0.05, 0) is 37.6 Å². The molecule has 5 nitrogen and oxygen atoms in total. The van der Waals surface area contributed by atoms with E-state index in [1.54, 1.807) is 6.92 Å². The molecule has 0 aliphatic heterocycles. The quantitative estimate of drug-likeness (QED) is 0.639. The fourth-order valence-electron chi connectivity index (χ4n) is 1.46. The van der Waals surface area contributed by atoms with Crippen molar-refractivity contribution in [2.75, 3.05) is 19.4 Å². The summed E-state index contributed by atoms with van der Waals surface area (Å²) >= 11 is 6.79. The molecule has 0 saturated heterocycles. The van der Waals surface area contributed by atoms with Crippen LogP contribution in [0.3, 0.4) is 0 Å². The molecule has 1 atom stereocenters. The molecule has 0 aliphatic rings. The molecule has 21 heavy (non-hydrogen) atoms. The largest absolute Gasteiger partial charge is 0.342 e. The highest BCUT2D eigenvalue weighted by atomic mass is 35.5. The van der Waals surface area contributed by atoms with E-state index in [-0.39, 0.29) is 11.5 Å². The van der Waals surface area contributed by atoms with Crippen molar-refractivity contribution in [2.45, 2.75) is 25.2 Å². The van der Waals surface area contributed by atoms with E-state index in [1.165, 1.54) is 31.3 Å². The van der Waals surface area contributed by atoms with Crippen LogP contribution in [0.5, 0.6) is 0 Å². The third-order valence-corrected chi connectivity index (χ3v) is 10.7. The van der Waals surface area contributed by atoms with Crippen LogP contribution in [-0.4, -0.2) is 31.9 Å². The van der Waals surface area contributed by atoms with Gasteiger partial charge in [-0.2, -0.15) is 0 Å². The highest BCUT2D eigenvalue weighted by Gasteiger charge is 2.38. The van der Waals surface area contributed by atoms with Crippen LogP contribution < -0.4 is 0 Å². The van der Waals surface area contributed by atoms with E-state index in [4.69, 9.17) is 16.1 Å². The third kappa shape index (κ3) is 4.71. The van der Waals surface area contributed by atoms with Crippen molar-refractivity contribution in [2.24, 2.45) is 0 Å². The van der Waals surface area contributed by atoms with Crippen molar-refractivity contribution < 1.29 is 17.5 Å². The van der Waals surface area contributed by atoms with E-state index in [2.05, 4.69) is 0 Å². The van der Waals surface area contributed by atoms with E-state index < -0.39 is 16.7 Å². The van der Waals surface area contributed by atoms with Gasteiger partial charge in [-0.3, -0.25) is 4.57 Å². The number of rotatable bonds is 8. The molecule has 1 aromatic rings. The Morgan fingerprint density at radius 3 is 2.33 bits per heavy atom. The Labute approximate surface area is 135 Å². The van der Waals surface area contributed by atoms with Crippen molar-refractivity contribution in [3.05, 3.63) is 29.3 Å². The second-order valence-electron chi connectivity index (χ2n) is 4.11. The lowest BCUT2D eigenvalue weighted by molar-refractivity contribution is 0.324. The van der Waals surface area contributed by atoms with E-state index in [0.29, 0.717) is 10.8 Å². The van der Waals surface area contributed by atoms with Gasteiger partial charge in [0.1, 0.15) is 0 Å². The number of benzene rings is 1. The molecule has 9 heteroatoms. The zero-order valence-electron chi connectivity index (χ0n) is 12.2. The number of hydrogen-bond acceptors (Lipinski definition) is 5. The summed E-state index contributed by atoms with van der Waals surface area (Å²) in [5.41, 5.74) is 0. The summed E-state index contributed by atoms with van der Waals surface area (Å²) in [5.74, 6) is 0.553. The molecule has 1 unspecified atom stereocenters. The first-order valence-corrected chi connectivity index (χ1v) is 11.4. The molecular formula is C12H19ClNO4PS2. The van der Waals surface area contributed by atoms with E-state index in [1.807, 2.05) is 6.92 Å². The van der Waals surface area contributed by atoms with Crippen LogP contribution in [0.25, 0.3) is 0 Å². The summed E-state index contributed by atoms with van der Waals surface area (Å²) < 4.78 is 44.0. The highest BCUT2D eigenvalue weighted by Crippen LogP contribution is 2.63. The van der Waals surface area contributed by atoms with Gasteiger partial charge < -0.3 is 4.52 Å². The Morgan fingerprint density at radius 2 is 1.86 bits per heavy atom. The first-order chi connectivity index (χ1) is 9.78. The normalized spacial score (nSPS) is 15.1. The molecule has 0 radical (unpaired) electrons. The van der Waals surface area contributed by atoms with Crippen LogP contribution in [0.15, 0.2) is 29.2 Å². The SMILES string of the molecule is CCCSP(=O)(OCC)N(C)S(=O)(=O)c1ccc(Cl)cc1. The predicted octanol–water partition coefficient (Wildman–Crippen LogP) is 4.25. The molecule has 1 rings (SSSR count). The molecule has 0 bridgehead atoms. The number of halogens is 1. The summed E-state index contributed by atoms with van der Waals surface area (Å²) in [6.45, 7) is 0.288. The molecule has 0 amide bonds. The van der Waals surface area contributed by atoms with Gasteiger partial charge in [0.15, 0.2) is 0 Å². The maximum absolute atomic E-state index is 12.8. The van der Waals surface area contributed by atoms with Crippen molar-refractivity contribution in [3.8, 4) is 0 Å². The van der Waals surface area contributed by atoms with Crippen LogP contribution in [0.1, 0.15) is 20.3 Å². The minimum absolute atomic E-state index is 0.0337. The molecule has 0 N–H and O–H groups in total. The first-order valence-electron chi connectivity index (χ1n) is 6.42. The minimum atomic E-state index is -3.90. The zero-order valence-corrected chi connectivity index (χ0v) is 15.4. The lowest BCUT2D eigenvalue weighted by Crippen LogP contribution is -2.24. The monoisotopic (exact) mass is 371 g/mol. The average Bonchev–Trinajstić information content (AvgIpc) is 2.45. The van der Waals surface area contributed by atoms with Crippen LogP contribution in [0.4, 0.5) is 0 Å². The second-order valence-corrected chi connectivity index (χ2v) is 11.4. The molecule has 0 heterocycles. The molecular weight excluding hydrogens is 353 g/mol. The van der Waals surface area contributed by atoms with Gasteiger partial charge in [-0.15, -0.1) is 4.08 Å². The molecule has 120 valence electrons. The Kier molecular flexibility index (Phi) is 7.24. The molecule has 0 aromatic heterocycles. The Hall–Kier alpha value is -0.0400. The number of sulfonamides is 1. The third-order valence-electron chi connectivity index (χ3n) is 2.56. The lowest BCUT2D eigenvalue weighted by Gasteiger charge is -2.26. The fraction of sp³-hybridized carbons (Fsp3) is 0.500. The second kappa shape index (κ2) is 7.99. The Balaban J connectivity index is 3.14. The van der Waals surface area contributed by atoms with E-state index in [0.717, 1.165) is 21.9 Å². The summed E-state index contributed by atoms with van der Waals surface area (Å²) in [7, 11) is -2.62. The van der Waals surface area contributed by atoms with Gasteiger partial charge in [0.05, 0.1) is 11.5 Å². The average molecular weight is 372 g/mol. The minimum Gasteiger partial charge on any atom is -0.309 e. The standard InChI is InChI=1S/C12H19ClNO4PS2/c1-4-10-20-19(15,18-5-2)14(3)21(16,17)12-8-6-11(13)7-9-12/h6-9H,4-5,10H2,1-3H3. The van der Waals surface area contributed by atoms with Crippen molar-refractivity contribution >= 4 is 39.7 Å². The highest BCUT2D eigenvalue weighted by molar-refractivity contribution is 8.56. The lowest BCUT2D eigenvalue weighted by atomic mass is 10.4. The number of nitrogens with zero attached hydrogens (tertiary/aromatic N) is 1. The Morgan fingerprint density at radius 1 is 1.29 bits per heavy atom. The van der Waals surface area contributed by atoms with Gasteiger partial charge in [-0.25, -0.2) is 8.42 Å². The van der Waals surface area contributed by atoms with E-state index >= 15 is 0 Å². The van der Waals surface area contributed by atoms with Crippen molar-refractivity contribution in [1.29, 1.82) is 0 Å². The smallest absolute Gasteiger partial charge is 0.309 e. The predicted molar refractivity (Wildman–Crippen MR) is 88.4 cm³/mol. The van der Waals surface area contributed by atoms with Crippen LogP contribution >= 0.6 is 29.7 Å². The zero-order chi connectivity index (χ0) is 16.1. The van der Waals surface area contributed by atoms with Crippen LogP contribution in [-0.2, 0) is 19.1 Å². The Bertz CT molecular complexity index is 606. The molecule has 1 aromatic carbocycles. The van der Waals surface area contributed by atoms with Crippen LogP contribution in [0.2, 0.25) is 5.02 Å². The fourth-order valence-corrected chi connectivity index (χ4v) is 8.47. The van der Waals surface area contributed by atoms with Crippen molar-refractivity contribution in [3.63, 3.8) is 0 Å². The molecule has 0 spiro atoms. The van der Waals surface area contributed by atoms with Gasteiger partial charge in [0.2, 0.25) is 0 Å². The summed E-state index contributed by atoms with van der Waals surface area (Å²) in [6, 6.07) is 5.73. The molecule has 0 saturated carbocycles. The van der Waals surface area contributed by atoms with Crippen LogP contribution in [0, 0.1) is 0 Å². The first kappa shape index (κ1) is 19.0. The summed E-state index contributed by atoms with van der Waals surface area (Å²) in [6.07, 6.45) is 0.774. The van der Waals surface area contributed by atoms with Gasteiger partial charge in [0, 0.05) is 17.8 Å². The molecule has 0 aliphatic carbocycles. The van der Waals surface area contributed by atoms with Gasteiger partial charge >= 0.3 is 6.72 Å². The van der Waals surface area contributed by atoms with Crippen molar-refractivity contribution in [1.82, 2.24) is 4.08 Å².